The molecule has 0 saturated carbocycles. The Bertz CT molecular complexity index is 1590. The third-order valence-corrected chi connectivity index (χ3v) is 9.12. The molecular formula is C31H26Cl2FN3OS. The predicted molar refractivity (Wildman–Crippen MR) is 156 cm³/mol. The van der Waals surface area contributed by atoms with E-state index in [1.165, 1.54) is 12.1 Å². The third kappa shape index (κ3) is 5.19. The van der Waals surface area contributed by atoms with Crippen molar-refractivity contribution in [3.8, 4) is 6.07 Å². The molecule has 2 N–H and O–H groups in total. The van der Waals surface area contributed by atoms with Gasteiger partial charge in [-0.15, -0.1) is 11.8 Å². The molecule has 1 unspecified atom stereocenters. The second kappa shape index (κ2) is 11.1. The number of anilines is 1. The summed E-state index contributed by atoms with van der Waals surface area (Å²) in [5.74, 6) is 0.140. The van der Waals surface area contributed by atoms with Crippen molar-refractivity contribution in [2.45, 2.75) is 49.7 Å². The Morgan fingerprint density at radius 3 is 2.49 bits per heavy atom. The fourth-order valence-corrected chi connectivity index (χ4v) is 6.65. The molecule has 1 heterocycles. The quantitative estimate of drug-likeness (QED) is 0.308. The van der Waals surface area contributed by atoms with Crippen LogP contribution in [0.3, 0.4) is 0 Å². The number of benzene rings is 3. The number of nitrogens with zero attached hydrogens (tertiary/aromatic N) is 2. The molecule has 39 heavy (non-hydrogen) atoms. The number of ketones is 1. The SMILES string of the molecule is Cc1cc(C)c(C2C(C#N)=C(N)N(c3ccc(Cl)c(Cl)c3)C3=C2C(=O)CCC3)cc1CSc1ccc(F)cc1. The zero-order chi connectivity index (χ0) is 27.8. The lowest BCUT2D eigenvalue weighted by atomic mass is 9.74. The minimum Gasteiger partial charge on any atom is -0.384 e. The average Bonchev–Trinajstić information content (AvgIpc) is 2.90. The van der Waals surface area contributed by atoms with Gasteiger partial charge in [0, 0.05) is 34.0 Å². The Morgan fingerprint density at radius 2 is 1.79 bits per heavy atom. The van der Waals surface area contributed by atoms with Crippen LogP contribution in [-0.2, 0) is 10.5 Å². The fourth-order valence-electron chi connectivity index (χ4n) is 5.39. The first-order chi connectivity index (χ1) is 18.7. The highest BCUT2D eigenvalue weighted by molar-refractivity contribution is 7.98. The van der Waals surface area contributed by atoms with Crippen LogP contribution < -0.4 is 10.6 Å². The van der Waals surface area contributed by atoms with Gasteiger partial charge in [-0.2, -0.15) is 5.26 Å². The second-order valence-electron chi connectivity index (χ2n) is 9.79. The van der Waals surface area contributed by atoms with Crippen LogP contribution in [0.1, 0.15) is 47.4 Å². The lowest BCUT2D eigenvalue weighted by Gasteiger charge is -2.40. The summed E-state index contributed by atoms with van der Waals surface area (Å²) in [6.45, 7) is 4.05. The molecule has 3 aromatic carbocycles. The minimum atomic E-state index is -0.563. The van der Waals surface area contributed by atoms with Crippen molar-refractivity contribution in [3.05, 3.63) is 115 Å². The maximum absolute atomic E-state index is 13.5. The highest BCUT2D eigenvalue weighted by Gasteiger charge is 2.41. The molecule has 0 spiro atoms. The van der Waals surface area contributed by atoms with Crippen molar-refractivity contribution < 1.29 is 9.18 Å². The molecule has 4 nitrogen and oxygen atoms in total. The summed E-state index contributed by atoms with van der Waals surface area (Å²) < 4.78 is 13.4. The van der Waals surface area contributed by atoms with E-state index in [0.29, 0.717) is 51.9 Å². The van der Waals surface area contributed by atoms with E-state index >= 15 is 0 Å². The molecule has 0 amide bonds. The number of nitrogens with two attached hydrogens (primary N) is 1. The summed E-state index contributed by atoms with van der Waals surface area (Å²) in [7, 11) is 0. The second-order valence-corrected chi connectivity index (χ2v) is 11.7. The number of Topliss-reactive ketones (excluding diaryl/α,β-unsaturated/α-hetero) is 1. The first-order valence-corrected chi connectivity index (χ1v) is 14.3. The van der Waals surface area contributed by atoms with Gasteiger partial charge in [0.1, 0.15) is 11.6 Å². The summed E-state index contributed by atoms with van der Waals surface area (Å²) in [5.41, 5.74) is 13.2. The predicted octanol–water partition coefficient (Wildman–Crippen LogP) is 8.35. The topological polar surface area (TPSA) is 70.1 Å². The highest BCUT2D eigenvalue weighted by Crippen LogP contribution is 2.48. The zero-order valence-electron chi connectivity index (χ0n) is 21.5. The molecule has 1 atom stereocenters. The van der Waals surface area contributed by atoms with Gasteiger partial charge >= 0.3 is 0 Å². The van der Waals surface area contributed by atoms with Gasteiger partial charge in [0.15, 0.2) is 5.78 Å². The molecule has 3 aromatic rings. The smallest absolute Gasteiger partial charge is 0.161 e. The first kappa shape index (κ1) is 27.3. The molecule has 1 aliphatic carbocycles. The number of rotatable bonds is 5. The molecule has 2 aliphatic rings. The van der Waals surface area contributed by atoms with E-state index in [4.69, 9.17) is 28.9 Å². The summed E-state index contributed by atoms with van der Waals surface area (Å²) in [6, 6.07) is 18.1. The Labute approximate surface area is 241 Å². The van der Waals surface area contributed by atoms with Gasteiger partial charge in [-0.25, -0.2) is 4.39 Å². The number of aryl methyl sites for hydroxylation is 2. The van der Waals surface area contributed by atoms with Crippen molar-refractivity contribution in [1.29, 1.82) is 5.26 Å². The molecule has 0 bridgehead atoms. The lowest BCUT2D eigenvalue weighted by molar-refractivity contribution is -0.116. The molecular weight excluding hydrogens is 552 g/mol. The van der Waals surface area contributed by atoms with E-state index in [0.717, 1.165) is 32.8 Å². The van der Waals surface area contributed by atoms with E-state index < -0.39 is 5.92 Å². The summed E-state index contributed by atoms with van der Waals surface area (Å²) >= 11 is 14.1. The van der Waals surface area contributed by atoms with Crippen LogP contribution in [0.5, 0.6) is 0 Å². The van der Waals surface area contributed by atoms with E-state index in [-0.39, 0.29) is 17.4 Å². The maximum atomic E-state index is 13.5. The van der Waals surface area contributed by atoms with Gasteiger partial charge in [-0.05, 0) is 91.4 Å². The van der Waals surface area contributed by atoms with Crippen molar-refractivity contribution in [2.24, 2.45) is 5.73 Å². The Morgan fingerprint density at radius 1 is 1.05 bits per heavy atom. The minimum absolute atomic E-state index is 0.0220. The summed E-state index contributed by atoms with van der Waals surface area (Å²) in [4.78, 5) is 16.3. The van der Waals surface area contributed by atoms with E-state index in [1.54, 1.807) is 47.0 Å². The van der Waals surface area contributed by atoms with Crippen molar-refractivity contribution in [1.82, 2.24) is 0 Å². The van der Waals surface area contributed by atoms with Gasteiger partial charge in [0.25, 0.3) is 0 Å². The number of halogens is 3. The molecule has 0 radical (unpaired) electrons. The third-order valence-electron chi connectivity index (χ3n) is 7.32. The van der Waals surface area contributed by atoms with Crippen LogP contribution >= 0.6 is 35.0 Å². The van der Waals surface area contributed by atoms with Crippen molar-refractivity contribution in [3.63, 3.8) is 0 Å². The van der Waals surface area contributed by atoms with E-state index in [2.05, 4.69) is 25.1 Å². The Kier molecular flexibility index (Phi) is 7.77. The largest absolute Gasteiger partial charge is 0.384 e. The molecule has 0 fully saturated rings. The fraction of sp³-hybridized carbons (Fsp3) is 0.226. The number of carbonyl (C=O) groups excluding carboxylic acids is 1. The maximum Gasteiger partial charge on any atom is 0.161 e. The van der Waals surface area contributed by atoms with Crippen molar-refractivity contribution >= 4 is 46.4 Å². The molecule has 0 saturated heterocycles. The summed E-state index contributed by atoms with van der Waals surface area (Å²) in [5, 5.41) is 11.2. The van der Waals surface area contributed by atoms with Gasteiger partial charge < -0.3 is 5.73 Å². The van der Waals surface area contributed by atoms with Gasteiger partial charge in [0.2, 0.25) is 0 Å². The molecule has 8 heteroatoms. The van der Waals surface area contributed by atoms with Crippen LogP contribution in [-0.4, -0.2) is 5.78 Å². The van der Waals surface area contributed by atoms with Crippen LogP contribution in [0, 0.1) is 31.0 Å². The number of nitriles is 1. The van der Waals surface area contributed by atoms with Gasteiger partial charge in [0.05, 0.1) is 27.6 Å². The molecule has 1 aliphatic heterocycles. The highest BCUT2D eigenvalue weighted by atomic mass is 35.5. The van der Waals surface area contributed by atoms with E-state index in [9.17, 15) is 14.4 Å². The standard InChI is InChI=1S/C31H26Cl2FN3OS/c1-17-12-18(2)23(13-19(17)16-39-22-9-6-20(34)7-10-22)29-24(15-35)31(36)37(21-8-11-25(32)26(33)14-21)27-4-3-5-28(38)30(27)29/h6-14,29H,3-5,16,36H2,1-2H3. The van der Waals surface area contributed by atoms with Gasteiger partial charge in [-0.1, -0.05) is 35.3 Å². The monoisotopic (exact) mass is 577 g/mol. The molecule has 0 aromatic heterocycles. The van der Waals surface area contributed by atoms with Crippen LogP contribution in [0.4, 0.5) is 10.1 Å². The molecule has 5 rings (SSSR count). The first-order valence-electron chi connectivity index (χ1n) is 12.6. The van der Waals surface area contributed by atoms with Crippen molar-refractivity contribution in [2.75, 3.05) is 4.90 Å². The molecule has 198 valence electrons. The Balaban J connectivity index is 1.62. The zero-order valence-corrected chi connectivity index (χ0v) is 23.9. The number of carbonyl (C=O) groups is 1. The van der Waals surface area contributed by atoms with Crippen LogP contribution in [0.15, 0.2) is 82.2 Å². The van der Waals surface area contributed by atoms with E-state index in [1.807, 2.05) is 6.92 Å². The number of allylic oxidation sites excluding steroid dienone is 3. The Hall–Kier alpha value is -3.24. The lowest BCUT2D eigenvalue weighted by Crippen LogP contribution is -2.39. The normalized spacial score (nSPS) is 17.4. The average molecular weight is 579 g/mol. The van der Waals surface area contributed by atoms with Gasteiger partial charge in [-0.3, -0.25) is 9.69 Å². The number of thioether (sulfide) groups is 1. The summed E-state index contributed by atoms with van der Waals surface area (Å²) in [6.07, 6.45) is 1.76. The van der Waals surface area contributed by atoms with Crippen LogP contribution in [0.25, 0.3) is 0 Å². The number of hydrogen-bond donors (Lipinski definition) is 1. The van der Waals surface area contributed by atoms with Crippen LogP contribution in [0.2, 0.25) is 10.0 Å². The number of hydrogen-bond acceptors (Lipinski definition) is 5.